The van der Waals surface area contributed by atoms with Gasteiger partial charge in [0.15, 0.2) is 0 Å². The number of carbonyl (C=O) groups is 2. The highest BCUT2D eigenvalue weighted by molar-refractivity contribution is 6.30. The SMILES string of the molecule is O=C(NCC(=O)N1CCCC1c1ncc(Cc2cccc(Cl)c2)o1)c1cncc(O)c1. The van der Waals surface area contributed by atoms with Gasteiger partial charge in [-0.05, 0) is 36.6 Å². The summed E-state index contributed by atoms with van der Waals surface area (Å²) in [6.45, 7) is 0.403. The van der Waals surface area contributed by atoms with Crippen LogP contribution in [0.15, 0.2) is 53.3 Å². The second-order valence-corrected chi connectivity index (χ2v) is 7.77. The lowest BCUT2D eigenvalue weighted by atomic mass is 10.1. The summed E-state index contributed by atoms with van der Waals surface area (Å²) < 4.78 is 5.93. The van der Waals surface area contributed by atoms with Crippen LogP contribution in [-0.2, 0) is 11.2 Å². The largest absolute Gasteiger partial charge is 0.506 e. The molecule has 1 aromatic carbocycles. The summed E-state index contributed by atoms with van der Waals surface area (Å²) in [5.74, 6) is 0.370. The molecule has 3 heterocycles. The predicted octanol–water partition coefficient (Wildman–Crippen LogP) is 3.11. The Kier molecular flexibility index (Phi) is 6.18. The first-order valence-electron chi connectivity index (χ1n) is 9.90. The third-order valence-electron chi connectivity index (χ3n) is 5.08. The van der Waals surface area contributed by atoms with Gasteiger partial charge in [-0.3, -0.25) is 14.6 Å². The Morgan fingerprint density at radius 2 is 2.13 bits per heavy atom. The maximum Gasteiger partial charge on any atom is 0.253 e. The molecule has 1 fully saturated rings. The smallest absolute Gasteiger partial charge is 0.253 e. The molecule has 1 unspecified atom stereocenters. The van der Waals surface area contributed by atoms with Crippen LogP contribution < -0.4 is 5.32 Å². The van der Waals surface area contributed by atoms with Gasteiger partial charge in [0.25, 0.3) is 5.91 Å². The van der Waals surface area contributed by atoms with Gasteiger partial charge in [0.1, 0.15) is 17.6 Å². The van der Waals surface area contributed by atoms with E-state index in [0.29, 0.717) is 29.6 Å². The molecule has 2 N–H and O–H groups in total. The Hall–Kier alpha value is -3.39. The molecular weight excluding hydrogens is 420 g/mol. The van der Waals surface area contributed by atoms with E-state index in [1.54, 1.807) is 11.1 Å². The average molecular weight is 441 g/mol. The van der Waals surface area contributed by atoms with Crippen LogP contribution in [-0.4, -0.2) is 44.9 Å². The normalized spacial score (nSPS) is 15.8. The van der Waals surface area contributed by atoms with Gasteiger partial charge in [-0.2, -0.15) is 0 Å². The molecule has 9 heteroatoms. The first kappa shape index (κ1) is 20.9. The first-order chi connectivity index (χ1) is 15.0. The summed E-state index contributed by atoms with van der Waals surface area (Å²) in [6.07, 6.45) is 6.36. The molecule has 160 valence electrons. The third-order valence-corrected chi connectivity index (χ3v) is 5.32. The molecule has 1 atom stereocenters. The van der Waals surface area contributed by atoms with Crippen molar-refractivity contribution in [2.24, 2.45) is 0 Å². The molecule has 0 bridgehead atoms. The van der Waals surface area contributed by atoms with E-state index in [1.807, 2.05) is 24.3 Å². The molecular formula is C22H21ClN4O4. The molecule has 0 aliphatic carbocycles. The minimum atomic E-state index is -0.479. The lowest BCUT2D eigenvalue weighted by Crippen LogP contribution is -2.40. The summed E-state index contributed by atoms with van der Waals surface area (Å²) in [4.78, 5) is 34.8. The summed E-state index contributed by atoms with van der Waals surface area (Å²) in [6, 6.07) is 8.56. The lowest BCUT2D eigenvalue weighted by Gasteiger charge is -2.22. The van der Waals surface area contributed by atoms with Gasteiger partial charge < -0.3 is 19.7 Å². The first-order valence-corrected chi connectivity index (χ1v) is 10.3. The highest BCUT2D eigenvalue weighted by Gasteiger charge is 2.33. The van der Waals surface area contributed by atoms with Gasteiger partial charge in [0.05, 0.1) is 24.5 Å². The molecule has 0 spiro atoms. The number of benzene rings is 1. The van der Waals surface area contributed by atoms with Crippen LogP contribution in [0.2, 0.25) is 5.02 Å². The number of nitrogens with one attached hydrogen (secondary N) is 1. The minimum absolute atomic E-state index is 0.115. The molecule has 3 aromatic rings. The highest BCUT2D eigenvalue weighted by Crippen LogP contribution is 2.32. The third kappa shape index (κ3) is 5.03. The number of pyridine rings is 1. The van der Waals surface area contributed by atoms with Crippen LogP contribution >= 0.6 is 11.6 Å². The minimum Gasteiger partial charge on any atom is -0.506 e. The predicted molar refractivity (Wildman–Crippen MR) is 113 cm³/mol. The van der Waals surface area contributed by atoms with E-state index in [1.165, 1.54) is 18.5 Å². The lowest BCUT2D eigenvalue weighted by molar-refractivity contribution is -0.131. The summed E-state index contributed by atoms with van der Waals surface area (Å²) in [7, 11) is 0. The van der Waals surface area contributed by atoms with Crippen molar-refractivity contribution in [1.29, 1.82) is 0 Å². The number of likely N-dealkylation sites (tertiary alicyclic amines) is 1. The fourth-order valence-electron chi connectivity index (χ4n) is 3.64. The quantitative estimate of drug-likeness (QED) is 0.609. The summed E-state index contributed by atoms with van der Waals surface area (Å²) >= 11 is 6.04. The van der Waals surface area contributed by atoms with Crippen LogP contribution in [0, 0.1) is 0 Å². The van der Waals surface area contributed by atoms with E-state index in [4.69, 9.17) is 16.0 Å². The van der Waals surface area contributed by atoms with Crippen molar-refractivity contribution in [3.05, 3.63) is 76.7 Å². The molecule has 0 radical (unpaired) electrons. The number of amides is 2. The Morgan fingerprint density at radius 1 is 1.26 bits per heavy atom. The van der Waals surface area contributed by atoms with E-state index in [2.05, 4.69) is 15.3 Å². The topological polar surface area (TPSA) is 109 Å². The monoisotopic (exact) mass is 440 g/mol. The zero-order valence-electron chi connectivity index (χ0n) is 16.6. The van der Waals surface area contributed by atoms with E-state index >= 15 is 0 Å². The molecule has 1 aliphatic heterocycles. The Morgan fingerprint density at radius 3 is 2.94 bits per heavy atom. The fraction of sp³-hybridized carbons (Fsp3) is 0.273. The van der Waals surface area contributed by atoms with E-state index in [9.17, 15) is 14.7 Å². The number of aromatic nitrogens is 2. The zero-order valence-corrected chi connectivity index (χ0v) is 17.4. The highest BCUT2D eigenvalue weighted by atomic mass is 35.5. The zero-order chi connectivity index (χ0) is 21.8. The van der Waals surface area contributed by atoms with Crippen molar-refractivity contribution >= 4 is 23.4 Å². The van der Waals surface area contributed by atoms with Crippen LogP contribution in [0.3, 0.4) is 0 Å². The van der Waals surface area contributed by atoms with E-state index in [0.717, 1.165) is 18.4 Å². The number of nitrogens with zero attached hydrogens (tertiary/aromatic N) is 3. The van der Waals surface area contributed by atoms with Crippen molar-refractivity contribution in [2.45, 2.75) is 25.3 Å². The van der Waals surface area contributed by atoms with Crippen molar-refractivity contribution in [1.82, 2.24) is 20.2 Å². The number of hydrogen-bond acceptors (Lipinski definition) is 6. The molecule has 2 aromatic heterocycles. The van der Waals surface area contributed by atoms with Crippen LogP contribution in [0.25, 0.3) is 0 Å². The van der Waals surface area contributed by atoms with Crippen LogP contribution in [0.5, 0.6) is 5.75 Å². The number of hydrogen-bond donors (Lipinski definition) is 2. The van der Waals surface area contributed by atoms with Crippen molar-refractivity contribution < 1.29 is 19.1 Å². The molecule has 0 saturated carbocycles. The van der Waals surface area contributed by atoms with Crippen molar-refractivity contribution in [3.8, 4) is 5.75 Å². The molecule has 8 nitrogen and oxygen atoms in total. The number of halogens is 1. The molecule has 4 rings (SSSR count). The van der Waals surface area contributed by atoms with Crippen molar-refractivity contribution in [2.75, 3.05) is 13.1 Å². The number of oxazole rings is 1. The number of aromatic hydroxyl groups is 1. The van der Waals surface area contributed by atoms with E-state index in [-0.39, 0.29) is 29.8 Å². The maximum absolute atomic E-state index is 12.7. The van der Waals surface area contributed by atoms with Crippen LogP contribution in [0.4, 0.5) is 0 Å². The fourth-order valence-corrected chi connectivity index (χ4v) is 3.85. The standard InChI is InChI=1S/C22H21ClN4O4/c23-16-4-1-3-14(7-16)8-18-12-26-22(31-18)19-5-2-6-27(19)20(29)13-25-21(30)15-9-17(28)11-24-10-15/h1,3-4,7,9-12,19,28H,2,5-6,8,13H2,(H,25,30). The Bertz CT molecular complexity index is 1100. The van der Waals surface area contributed by atoms with Gasteiger partial charge in [-0.25, -0.2) is 4.98 Å². The van der Waals surface area contributed by atoms with E-state index < -0.39 is 5.91 Å². The van der Waals surface area contributed by atoms with Gasteiger partial charge in [0.2, 0.25) is 11.8 Å². The summed E-state index contributed by atoms with van der Waals surface area (Å²) in [5, 5.41) is 12.7. The van der Waals surface area contributed by atoms with Crippen LogP contribution in [0.1, 0.15) is 46.5 Å². The molecule has 1 aliphatic rings. The summed E-state index contributed by atoms with van der Waals surface area (Å²) in [5.41, 5.74) is 1.20. The van der Waals surface area contributed by atoms with Gasteiger partial charge in [-0.1, -0.05) is 23.7 Å². The number of carbonyl (C=O) groups excluding carboxylic acids is 2. The van der Waals surface area contributed by atoms with Gasteiger partial charge in [0, 0.05) is 24.2 Å². The van der Waals surface area contributed by atoms with Gasteiger partial charge >= 0.3 is 0 Å². The molecule has 1 saturated heterocycles. The molecule has 31 heavy (non-hydrogen) atoms. The van der Waals surface area contributed by atoms with Crippen molar-refractivity contribution in [3.63, 3.8) is 0 Å². The Balaban J connectivity index is 1.38. The van der Waals surface area contributed by atoms with Gasteiger partial charge in [-0.15, -0.1) is 0 Å². The average Bonchev–Trinajstić information content (AvgIpc) is 3.41. The second kappa shape index (κ2) is 9.18. The second-order valence-electron chi connectivity index (χ2n) is 7.33. The maximum atomic E-state index is 12.7. The Labute approximate surface area is 183 Å². The molecule has 2 amide bonds. The number of rotatable bonds is 6.